The Labute approximate surface area is 80.0 Å². The van der Waals surface area contributed by atoms with Gasteiger partial charge in [-0.15, -0.1) is 0 Å². The zero-order valence-corrected chi connectivity index (χ0v) is 7.70. The molecule has 2 N–H and O–H groups in total. The van der Waals surface area contributed by atoms with E-state index >= 15 is 0 Å². The van der Waals surface area contributed by atoms with Crippen molar-refractivity contribution in [3.05, 3.63) is 12.2 Å². The summed E-state index contributed by atoms with van der Waals surface area (Å²) in [6, 6.07) is -0.181. The summed E-state index contributed by atoms with van der Waals surface area (Å²) in [7, 11) is 0. The Morgan fingerprint density at radius 1 is 1.29 bits per heavy atom. The first-order valence-corrected chi connectivity index (χ1v) is 4.47. The molecule has 1 aliphatic rings. The van der Waals surface area contributed by atoms with Crippen LogP contribution in [0.5, 0.6) is 0 Å². The zero-order chi connectivity index (χ0) is 11.0. The van der Waals surface area contributed by atoms with Gasteiger partial charge in [-0.3, -0.25) is 0 Å². The van der Waals surface area contributed by atoms with Gasteiger partial charge in [0.2, 0.25) is 0 Å². The molecule has 0 aromatic carbocycles. The molecule has 1 saturated carbocycles. The van der Waals surface area contributed by atoms with Crippen molar-refractivity contribution in [3.63, 3.8) is 0 Å². The van der Waals surface area contributed by atoms with Crippen molar-refractivity contribution in [2.75, 3.05) is 0 Å². The SMILES string of the molecule is C=C(C(F)(F)F)C1(F)CCC(N)CC1. The van der Waals surface area contributed by atoms with E-state index < -0.39 is 17.4 Å². The molecule has 0 saturated heterocycles. The summed E-state index contributed by atoms with van der Waals surface area (Å²) < 4.78 is 50.4. The van der Waals surface area contributed by atoms with E-state index in [-0.39, 0.29) is 31.7 Å². The first-order valence-electron chi connectivity index (χ1n) is 4.47. The quantitative estimate of drug-likeness (QED) is 0.523. The van der Waals surface area contributed by atoms with Crippen LogP contribution in [-0.2, 0) is 0 Å². The lowest BCUT2D eigenvalue weighted by Crippen LogP contribution is -2.40. The van der Waals surface area contributed by atoms with Crippen LogP contribution in [0.4, 0.5) is 17.6 Å². The van der Waals surface area contributed by atoms with E-state index in [0.717, 1.165) is 0 Å². The van der Waals surface area contributed by atoms with E-state index in [9.17, 15) is 17.6 Å². The maximum Gasteiger partial charge on any atom is 0.415 e. The van der Waals surface area contributed by atoms with Crippen molar-refractivity contribution in [3.8, 4) is 0 Å². The predicted molar refractivity (Wildman–Crippen MR) is 45.5 cm³/mol. The Kier molecular flexibility index (Phi) is 2.90. The molecule has 0 aliphatic heterocycles. The minimum absolute atomic E-state index is 0.174. The topological polar surface area (TPSA) is 26.0 Å². The van der Waals surface area contributed by atoms with Crippen molar-refractivity contribution < 1.29 is 17.6 Å². The lowest BCUT2D eigenvalue weighted by Gasteiger charge is -2.34. The van der Waals surface area contributed by atoms with Crippen molar-refractivity contribution in [2.24, 2.45) is 5.73 Å². The van der Waals surface area contributed by atoms with Crippen LogP contribution in [0.2, 0.25) is 0 Å². The van der Waals surface area contributed by atoms with Crippen LogP contribution in [0.3, 0.4) is 0 Å². The summed E-state index contributed by atoms with van der Waals surface area (Å²) in [4.78, 5) is 0. The largest absolute Gasteiger partial charge is 0.415 e. The molecule has 14 heavy (non-hydrogen) atoms. The standard InChI is InChI=1S/C9H13F4N/c1-6(9(11,12)13)8(10)4-2-7(14)3-5-8/h7H,1-5,14H2. The summed E-state index contributed by atoms with van der Waals surface area (Å²) in [5.41, 5.74) is 1.92. The van der Waals surface area contributed by atoms with Crippen LogP contribution in [0.15, 0.2) is 12.2 Å². The summed E-state index contributed by atoms with van der Waals surface area (Å²) in [5, 5.41) is 0. The Morgan fingerprint density at radius 2 is 1.71 bits per heavy atom. The zero-order valence-electron chi connectivity index (χ0n) is 7.70. The van der Waals surface area contributed by atoms with Crippen LogP contribution in [0.1, 0.15) is 25.7 Å². The van der Waals surface area contributed by atoms with Gasteiger partial charge in [-0.1, -0.05) is 6.58 Å². The number of rotatable bonds is 1. The van der Waals surface area contributed by atoms with Crippen LogP contribution < -0.4 is 5.73 Å². The van der Waals surface area contributed by atoms with Gasteiger partial charge in [0.25, 0.3) is 0 Å². The smallest absolute Gasteiger partial charge is 0.328 e. The van der Waals surface area contributed by atoms with E-state index in [1.165, 1.54) is 0 Å². The third kappa shape index (κ3) is 2.26. The molecule has 0 unspecified atom stereocenters. The average molecular weight is 211 g/mol. The fraction of sp³-hybridized carbons (Fsp3) is 0.778. The number of nitrogens with two attached hydrogens (primary N) is 1. The normalized spacial score (nSPS) is 34.2. The van der Waals surface area contributed by atoms with E-state index in [0.29, 0.717) is 0 Å². The highest BCUT2D eigenvalue weighted by molar-refractivity contribution is 5.19. The molecule has 0 atom stereocenters. The van der Waals surface area contributed by atoms with Gasteiger partial charge in [-0.05, 0) is 25.7 Å². The first kappa shape index (κ1) is 11.5. The molecule has 0 aromatic heterocycles. The van der Waals surface area contributed by atoms with Gasteiger partial charge < -0.3 is 5.73 Å². The molecule has 0 bridgehead atoms. The summed E-state index contributed by atoms with van der Waals surface area (Å²) >= 11 is 0. The lowest BCUT2D eigenvalue weighted by atomic mass is 9.79. The highest BCUT2D eigenvalue weighted by Crippen LogP contribution is 2.43. The van der Waals surface area contributed by atoms with Gasteiger partial charge >= 0.3 is 6.18 Å². The molecule has 0 amide bonds. The van der Waals surface area contributed by atoms with Crippen molar-refractivity contribution in [1.82, 2.24) is 0 Å². The second-order valence-corrected chi connectivity index (χ2v) is 3.78. The molecule has 0 heterocycles. The Morgan fingerprint density at radius 3 is 2.07 bits per heavy atom. The monoisotopic (exact) mass is 211 g/mol. The van der Waals surface area contributed by atoms with Gasteiger partial charge in [0.05, 0.1) is 5.57 Å². The van der Waals surface area contributed by atoms with E-state index in [4.69, 9.17) is 5.73 Å². The molecule has 1 rings (SSSR count). The second kappa shape index (κ2) is 3.53. The molecule has 0 radical (unpaired) electrons. The Hall–Kier alpha value is -0.580. The minimum Gasteiger partial charge on any atom is -0.328 e. The minimum atomic E-state index is -4.64. The van der Waals surface area contributed by atoms with E-state index in [1.807, 2.05) is 0 Å². The van der Waals surface area contributed by atoms with Gasteiger partial charge in [-0.25, -0.2) is 4.39 Å². The Balaban J connectivity index is 2.72. The molecule has 0 spiro atoms. The van der Waals surface area contributed by atoms with Crippen LogP contribution in [0, 0.1) is 0 Å². The fourth-order valence-electron chi connectivity index (χ4n) is 1.65. The molecule has 5 heteroatoms. The highest BCUT2D eigenvalue weighted by Gasteiger charge is 2.48. The molecule has 0 aromatic rings. The number of hydrogen-bond donors (Lipinski definition) is 1. The molecule has 1 aliphatic carbocycles. The van der Waals surface area contributed by atoms with Crippen LogP contribution in [0.25, 0.3) is 0 Å². The molecular weight excluding hydrogens is 198 g/mol. The molecule has 1 fully saturated rings. The molecule has 82 valence electrons. The maximum atomic E-state index is 13.8. The van der Waals surface area contributed by atoms with Crippen molar-refractivity contribution in [2.45, 2.75) is 43.6 Å². The third-order valence-electron chi connectivity index (χ3n) is 2.71. The molecular formula is C9H13F4N. The Bertz CT molecular complexity index is 225. The van der Waals surface area contributed by atoms with Gasteiger partial charge in [0.15, 0.2) is 0 Å². The molecule has 1 nitrogen and oxygen atoms in total. The van der Waals surface area contributed by atoms with Crippen LogP contribution in [-0.4, -0.2) is 17.9 Å². The van der Waals surface area contributed by atoms with Crippen LogP contribution >= 0.6 is 0 Å². The summed E-state index contributed by atoms with van der Waals surface area (Å²) in [6.07, 6.45) is -4.42. The number of hydrogen-bond acceptors (Lipinski definition) is 1. The van der Waals surface area contributed by atoms with Gasteiger partial charge in [-0.2, -0.15) is 13.2 Å². The van der Waals surface area contributed by atoms with E-state index in [2.05, 4.69) is 6.58 Å². The number of allylic oxidation sites excluding steroid dienone is 1. The highest BCUT2D eigenvalue weighted by atomic mass is 19.4. The second-order valence-electron chi connectivity index (χ2n) is 3.78. The predicted octanol–water partition coefficient (Wildman–Crippen LogP) is 2.71. The maximum absolute atomic E-state index is 13.8. The summed E-state index contributed by atoms with van der Waals surface area (Å²) in [5.74, 6) is 0. The third-order valence-corrected chi connectivity index (χ3v) is 2.71. The van der Waals surface area contributed by atoms with Crippen molar-refractivity contribution >= 4 is 0 Å². The lowest BCUT2D eigenvalue weighted by molar-refractivity contribution is -0.113. The average Bonchev–Trinajstić information content (AvgIpc) is 2.08. The van der Waals surface area contributed by atoms with Crippen molar-refractivity contribution in [1.29, 1.82) is 0 Å². The fourth-order valence-corrected chi connectivity index (χ4v) is 1.65. The van der Waals surface area contributed by atoms with Gasteiger partial charge in [0, 0.05) is 6.04 Å². The van der Waals surface area contributed by atoms with E-state index in [1.54, 1.807) is 0 Å². The number of halogens is 4. The number of alkyl halides is 4. The first-order chi connectivity index (χ1) is 6.26. The summed E-state index contributed by atoms with van der Waals surface area (Å²) in [6.45, 7) is 2.81. The van der Waals surface area contributed by atoms with Gasteiger partial charge in [0.1, 0.15) is 5.67 Å².